The Labute approximate surface area is 263 Å². The summed E-state index contributed by atoms with van der Waals surface area (Å²) in [6.45, 7) is 0. The highest BCUT2D eigenvalue weighted by Gasteiger charge is 2.17. The van der Waals surface area contributed by atoms with E-state index in [1.165, 1.54) is 32.1 Å². The molecule has 0 heterocycles. The molecule has 4 aromatic carbocycles. The molecule has 0 spiro atoms. The molecule has 0 radical (unpaired) electrons. The van der Waals surface area contributed by atoms with Crippen molar-refractivity contribution in [2.45, 2.75) is 4.90 Å². The first-order chi connectivity index (χ1) is 20.8. The van der Waals surface area contributed by atoms with Crippen LogP contribution in [0.15, 0.2) is 102 Å². The van der Waals surface area contributed by atoms with E-state index in [0.29, 0.717) is 44.0 Å². The van der Waals surface area contributed by atoms with E-state index in [-0.39, 0.29) is 17.4 Å². The Morgan fingerprint density at radius 3 is 2.19 bits per heavy atom. The summed E-state index contributed by atoms with van der Waals surface area (Å²) in [5.41, 5.74) is 1.97. The maximum atomic E-state index is 13.4. The molecule has 3 N–H and O–H groups in total. The molecule has 0 saturated carbocycles. The largest absolute Gasteiger partial charge is 0.493 e. The van der Waals surface area contributed by atoms with Gasteiger partial charge in [0.15, 0.2) is 11.5 Å². The number of para-hydroxylation sites is 1. The zero-order chi connectivity index (χ0) is 30.8. The van der Waals surface area contributed by atoms with Gasteiger partial charge >= 0.3 is 0 Å². The maximum absolute atomic E-state index is 13.4. The average Bonchev–Trinajstić information content (AvgIpc) is 3.02. The molecule has 0 aliphatic carbocycles. The Kier molecular flexibility index (Phi) is 11.1. The van der Waals surface area contributed by atoms with E-state index in [0.717, 1.165) is 4.90 Å². The molecule has 3 amide bonds. The summed E-state index contributed by atoms with van der Waals surface area (Å²) in [6, 6.07) is 25.6. The van der Waals surface area contributed by atoms with Crippen molar-refractivity contribution in [3.8, 4) is 11.5 Å². The minimum Gasteiger partial charge on any atom is -0.493 e. The molecule has 4 rings (SSSR count). The van der Waals surface area contributed by atoms with Crippen molar-refractivity contribution in [3.63, 3.8) is 0 Å². The van der Waals surface area contributed by atoms with Crippen LogP contribution in [-0.4, -0.2) is 37.7 Å². The van der Waals surface area contributed by atoms with Crippen LogP contribution in [0.25, 0.3) is 6.08 Å². The molecule has 4 aromatic rings. The van der Waals surface area contributed by atoms with Crippen LogP contribution >= 0.6 is 35.0 Å². The van der Waals surface area contributed by atoms with Crippen molar-refractivity contribution in [2.75, 3.05) is 30.6 Å². The van der Waals surface area contributed by atoms with E-state index in [2.05, 4.69) is 16.0 Å². The van der Waals surface area contributed by atoms with E-state index in [4.69, 9.17) is 32.7 Å². The Bertz CT molecular complexity index is 1650. The summed E-state index contributed by atoms with van der Waals surface area (Å²) >= 11 is 13.3. The number of amides is 3. The van der Waals surface area contributed by atoms with Gasteiger partial charge in [0.2, 0.25) is 5.91 Å². The van der Waals surface area contributed by atoms with Crippen LogP contribution in [0.5, 0.6) is 11.5 Å². The van der Waals surface area contributed by atoms with Crippen LogP contribution < -0.4 is 25.4 Å². The van der Waals surface area contributed by atoms with E-state index in [1.807, 2.05) is 0 Å². The normalized spacial score (nSPS) is 10.9. The van der Waals surface area contributed by atoms with Crippen LogP contribution in [0.2, 0.25) is 10.0 Å². The molecule has 0 aliphatic rings. The second-order valence-electron chi connectivity index (χ2n) is 8.91. The molecule has 11 heteroatoms. The third-order valence-electron chi connectivity index (χ3n) is 5.95. The number of carbonyl (C=O) groups excluding carboxylic acids is 3. The summed E-state index contributed by atoms with van der Waals surface area (Å²) in [4.78, 5) is 39.6. The van der Waals surface area contributed by atoms with E-state index < -0.39 is 11.8 Å². The number of methoxy groups -OCH3 is 2. The third kappa shape index (κ3) is 8.78. The predicted octanol–water partition coefficient (Wildman–Crippen LogP) is 7.15. The molecule has 0 saturated heterocycles. The van der Waals surface area contributed by atoms with Crippen molar-refractivity contribution in [2.24, 2.45) is 0 Å². The van der Waals surface area contributed by atoms with Crippen molar-refractivity contribution in [3.05, 3.63) is 118 Å². The Hall–Kier alpha value is -4.44. The molecule has 0 aliphatic heterocycles. The third-order valence-corrected chi connectivity index (χ3v) is 7.70. The number of rotatable bonds is 11. The first kappa shape index (κ1) is 31.5. The minimum atomic E-state index is -0.546. The molecule has 0 aromatic heterocycles. The lowest BCUT2D eigenvalue weighted by Gasteiger charge is -2.14. The summed E-state index contributed by atoms with van der Waals surface area (Å²) in [6.07, 6.45) is 1.52. The lowest BCUT2D eigenvalue weighted by atomic mass is 10.1. The molecule has 0 unspecified atom stereocenters. The first-order valence-electron chi connectivity index (χ1n) is 12.9. The highest BCUT2D eigenvalue weighted by Crippen LogP contribution is 2.32. The Balaban J connectivity index is 1.46. The number of hydrogen-bond acceptors (Lipinski definition) is 6. The lowest BCUT2D eigenvalue weighted by Crippen LogP contribution is -2.30. The predicted molar refractivity (Wildman–Crippen MR) is 172 cm³/mol. The average molecular weight is 637 g/mol. The SMILES string of the molecule is COc1cccc(/C=C(\NC(=O)c2ccccc2)C(=O)Nc2ccc(SCC(=O)Nc3ccc(Cl)c(Cl)c3)cc2)c1OC. The second-order valence-corrected chi connectivity index (χ2v) is 10.8. The first-order valence-corrected chi connectivity index (χ1v) is 14.6. The molecule has 0 atom stereocenters. The van der Waals surface area contributed by atoms with Crippen LogP contribution in [0.4, 0.5) is 11.4 Å². The number of anilines is 2. The van der Waals surface area contributed by atoms with Gasteiger partial charge < -0.3 is 25.4 Å². The monoisotopic (exact) mass is 635 g/mol. The molecular formula is C32H27Cl2N3O5S. The number of ether oxygens (including phenoxy) is 2. The molecule has 8 nitrogen and oxygen atoms in total. The topological polar surface area (TPSA) is 106 Å². The summed E-state index contributed by atoms with van der Waals surface area (Å²) in [5.74, 6) is -0.159. The highest BCUT2D eigenvalue weighted by molar-refractivity contribution is 8.00. The van der Waals surface area contributed by atoms with E-state index in [9.17, 15) is 14.4 Å². The Morgan fingerprint density at radius 2 is 1.51 bits per heavy atom. The lowest BCUT2D eigenvalue weighted by molar-refractivity contribution is -0.114. The fraction of sp³-hybridized carbons (Fsp3) is 0.0938. The van der Waals surface area contributed by atoms with Gasteiger partial charge in [-0.1, -0.05) is 53.5 Å². The fourth-order valence-corrected chi connectivity index (χ4v) is 4.87. The summed E-state index contributed by atoms with van der Waals surface area (Å²) < 4.78 is 10.9. The van der Waals surface area contributed by atoms with Gasteiger partial charge in [0, 0.05) is 27.4 Å². The van der Waals surface area contributed by atoms with Gasteiger partial charge in [0.05, 0.1) is 30.0 Å². The van der Waals surface area contributed by atoms with Gasteiger partial charge in [0.25, 0.3) is 11.8 Å². The van der Waals surface area contributed by atoms with Crippen LogP contribution in [-0.2, 0) is 9.59 Å². The second kappa shape index (κ2) is 15.2. The van der Waals surface area contributed by atoms with Crippen LogP contribution in [0.3, 0.4) is 0 Å². The summed E-state index contributed by atoms with van der Waals surface area (Å²) in [5, 5.41) is 9.06. The zero-order valence-electron chi connectivity index (χ0n) is 23.2. The van der Waals surface area contributed by atoms with Gasteiger partial charge in [-0.15, -0.1) is 11.8 Å². The minimum absolute atomic E-state index is 0.00201. The van der Waals surface area contributed by atoms with E-state index >= 15 is 0 Å². The smallest absolute Gasteiger partial charge is 0.272 e. The maximum Gasteiger partial charge on any atom is 0.272 e. The standard InChI is InChI=1S/C32H27Cl2N3O5S/c1-41-28-10-6-9-21(30(28)42-2)17-27(37-31(39)20-7-4-3-5-8-20)32(40)36-22-11-14-24(15-12-22)43-19-29(38)35-23-13-16-25(33)26(34)18-23/h3-18H,19H2,1-2H3,(H,35,38)(H,36,40)(H,37,39)/b27-17-. The quantitative estimate of drug-likeness (QED) is 0.119. The number of thioether (sulfide) groups is 1. The molecule has 0 fully saturated rings. The van der Waals surface area contributed by atoms with Gasteiger partial charge in [-0.3, -0.25) is 14.4 Å². The number of carbonyl (C=O) groups is 3. The number of nitrogens with one attached hydrogen (secondary N) is 3. The molecule has 43 heavy (non-hydrogen) atoms. The highest BCUT2D eigenvalue weighted by atomic mass is 35.5. The van der Waals surface area contributed by atoms with Gasteiger partial charge in [-0.05, 0) is 66.7 Å². The van der Waals surface area contributed by atoms with E-state index in [1.54, 1.807) is 91.0 Å². The van der Waals surface area contributed by atoms with Crippen molar-refractivity contribution < 1.29 is 23.9 Å². The molecular weight excluding hydrogens is 609 g/mol. The number of halogens is 2. The van der Waals surface area contributed by atoms with Crippen LogP contribution in [0, 0.1) is 0 Å². The van der Waals surface area contributed by atoms with Crippen molar-refractivity contribution in [1.29, 1.82) is 0 Å². The van der Waals surface area contributed by atoms with Gasteiger partial charge in [-0.25, -0.2) is 0 Å². The van der Waals surface area contributed by atoms with Crippen molar-refractivity contribution in [1.82, 2.24) is 5.32 Å². The van der Waals surface area contributed by atoms with Crippen molar-refractivity contribution >= 4 is 70.1 Å². The molecule has 220 valence electrons. The van der Waals surface area contributed by atoms with Crippen LogP contribution in [0.1, 0.15) is 15.9 Å². The fourth-order valence-electron chi connectivity index (χ4n) is 3.88. The van der Waals surface area contributed by atoms with Gasteiger partial charge in [-0.2, -0.15) is 0 Å². The number of hydrogen-bond donors (Lipinski definition) is 3. The zero-order valence-corrected chi connectivity index (χ0v) is 25.5. The summed E-state index contributed by atoms with van der Waals surface area (Å²) in [7, 11) is 3.01. The molecule has 0 bridgehead atoms. The number of benzene rings is 4. The van der Waals surface area contributed by atoms with Gasteiger partial charge in [0.1, 0.15) is 5.70 Å². The Morgan fingerprint density at radius 1 is 0.791 bits per heavy atom.